The van der Waals surface area contributed by atoms with Crippen LogP contribution in [0.5, 0.6) is 0 Å². The number of nitrogens with one attached hydrogen (secondary N) is 3. The predicted octanol–water partition coefficient (Wildman–Crippen LogP) is -1.84. The average molecular weight is 547 g/mol. The van der Waals surface area contributed by atoms with E-state index in [1.165, 1.54) is 39.3 Å². The smallest absolute Gasteiger partial charge is 0.336 e. The second-order valence-corrected chi connectivity index (χ2v) is 9.95. The lowest BCUT2D eigenvalue weighted by molar-refractivity contribution is 0.0680. The van der Waals surface area contributed by atoms with E-state index in [2.05, 4.69) is 14.8 Å². The number of carbonyl (C=O) groups excluding carboxylic acids is 3. The van der Waals surface area contributed by atoms with Gasteiger partial charge < -0.3 is 21.4 Å². The Morgan fingerprint density at radius 3 is 2.00 bits per heavy atom. The van der Waals surface area contributed by atoms with Crippen LogP contribution in [0, 0.1) is 0 Å². The van der Waals surface area contributed by atoms with Crippen LogP contribution in [-0.2, 0) is 21.0 Å². The zero-order chi connectivity index (χ0) is 25.8. The van der Waals surface area contributed by atoms with Crippen molar-refractivity contribution in [2.75, 3.05) is 28.2 Å². The first kappa shape index (κ1) is 32.5. The third kappa shape index (κ3) is 6.56. The second-order valence-electron chi connectivity index (χ2n) is 6.65. The summed E-state index contributed by atoms with van der Waals surface area (Å²) in [6.07, 6.45) is 0. The fourth-order valence-corrected chi connectivity index (χ4v) is 4.30. The van der Waals surface area contributed by atoms with Crippen molar-refractivity contribution in [2.24, 2.45) is 0 Å². The molecular formula is C20H26N4O10S2. The quantitative estimate of drug-likeness (QED) is 0.299. The van der Waals surface area contributed by atoms with E-state index in [4.69, 9.17) is 5.11 Å². The molecule has 0 saturated heterocycles. The number of fused-ring (bicyclic) bond motifs is 1. The van der Waals surface area contributed by atoms with Crippen LogP contribution in [-0.4, -0.2) is 85.5 Å². The van der Waals surface area contributed by atoms with Gasteiger partial charge in [0.25, 0.3) is 17.7 Å². The molecule has 1 heterocycles. The Balaban J connectivity index is 0.000000647. The number of hydrogen-bond acceptors (Lipinski definition) is 7. The van der Waals surface area contributed by atoms with Crippen LogP contribution in [0.4, 0.5) is 0 Å². The topological polar surface area (TPSA) is 242 Å². The molecule has 3 rings (SSSR count). The molecule has 0 aromatic heterocycles. The van der Waals surface area contributed by atoms with Gasteiger partial charge in [-0.2, -0.15) is 0 Å². The van der Waals surface area contributed by atoms with E-state index < -0.39 is 32.9 Å². The minimum Gasteiger partial charge on any atom is -0.478 e. The summed E-state index contributed by atoms with van der Waals surface area (Å²) in [4.78, 5) is 47.0. The van der Waals surface area contributed by atoms with Gasteiger partial charge in [-0.3, -0.25) is 19.3 Å². The molecule has 8 N–H and O–H groups in total. The molecule has 36 heavy (non-hydrogen) atoms. The van der Waals surface area contributed by atoms with Crippen molar-refractivity contribution >= 4 is 44.7 Å². The van der Waals surface area contributed by atoms with E-state index in [0.717, 1.165) is 17.0 Å². The Morgan fingerprint density at radius 2 is 1.50 bits per heavy atom. The molecule has 2 aromatic rings. The fourth-order valence-electron chi connectivity index (χ4n) is 2.89. The highest BCUT2D eigenvalue weighted by Gasteiger charge is 2.33. The zero-order valence-electron chi connectivity index (χ0n) is 19.5. The summed E-state index contributed by atoms with van der Waals surface area (Å²) >= 11 is 0. The lowest BCUT2D eigenvalue weighted by atomic mass is 10.1. The number of amides is 3. The van der Waals surface area contributed by atoms with Gasteiger partial charge in [0.1, 0.15) is 11.0 Å². The van der Waals surface area contributed by atoms with Gasteiger partial charge in [-0.25, -0.2) is 26.9 Å². The van der Waals surface area contributed by atoms with E-state index >= 15 is 0 Å². The van der Waals surface area contributed by atoms with Crippen LogP contribution in [0.2, 0.25) is 0 Å². The number of imide groups is 1. The summed E-state index contributed by atoms with van der Waals surface area (Å²) in [6, 6.07) is 7.87. The molecule has 198 valence electrons. The van der Waals surface area contributed by atoms with Crippen molar-refractivity contribution in [3.05, 3.63) is 58.7 Å². The molecular weight excluding hydrogens is 520 g/mol. The van der Waals surface area contributed by atoms with Gasteiger partial charge in [-0.15, -0.1) is 0 Å². The first-order valence-corrected chi connectivity index (χ1v) is 12.1. The van der Waals surface area contributed by atoms with Gasteiger partial charge in [0.15, 0.2) is 0 Å². The highest BCUT2D eigenvalue weighted by Crippen LogP contribution is 2.23. The third-order valence-corrected chi connectivity index (χ3v) is 7.20. The molecule has 16 heteroatoms. The third-order valence-electron chi connectivity index (χ3n) is 4.73. The monoisotopic (exact) mass is 546 g/mol. The van der Waals surface area contributed by atoms with Crippen molar-refractivity contribution in [3.63, 3.8) is 0 Å². The van der Waals surface area contributed by atoms with Crippen LogP contribution >= 0.6 is 0 Å². The molecule has 1 aliphatic rings. The predicted molar refractivity (Wildman–Crippen MR) is 129 cm³/mol. The SMILES string of the molecule is CNC(=O)c1ccc(S(=O)(=O)NC)cc1C(=O)O.CNS(=O)c1ccc2c(c1)C(=O)N(C)C2=O.O.O. The maximum Gasteiger partial charge on any atom is 0.336 e. The first-order chi connectivity index (χ1) is 15.9. The van der Waals surface area contributed by atoms with Crippen LogP contribution in [0.3, 0.4) is 0 Å². The number of sulfonamides is 1. The molecule has 0 radical (unpaired) electrons. The molecule has 0 spiro atoms. The lowest BCUT2D eigenvalue weighted by Crippen LogP contribution is -2.24. The van der Waals surface area contributed by atoms with E-state index in [1.807, 2.05) is 0 Å². The summed E-state index contributed by atoms with van der Waals surface area (Å²) in [7, 11) is 0.451. The van der Waals surface area contributed by atoms with E-state index in [9.17, 15) is 31.8 Å². The number of rotatable bonds is 6. The maximum absolute atomic E-state index is 11.7. The standard InChI is InChI=1S/C10H12N2O5S.C10H10N2O3S.2H2O/c1-11-9(13)7-4-3-6(18(16,17)12-2)5-8(7)10(14)15;1-11-16(15)6-3-4-7-8(5-6)10(14)12(2)9(7)13;;/h3-5,12H,1-2H3,(H,11,13)(H,14,15);3-5,11H,1-2H3;2*1H2. The molecule has 0 fully saturated rings. The molecule has 0 saturated carbocycles. The Morgan fingerprint density at radius 1 is 0.917 bits per heavy atom. The number of carbonyl (C=O) groups is 4. The molecule has 2 aromatic carbocycles. The van der Waals surface area contributed by atoms with Crippen LogP contribution < -0.4 is 14.8 Å². The minimum atomic E-state index is -3.75. The fraction of sp³-hybridized carbons (Fsp3) is 0.200. The molecule has 3 amide bonds. The Kier molecular flexibility index (Phi) is 11.7. The highest BCUT2D eigenvalue weighted by molar-refractivity contribution is 7.89. The highest BCUT2D eigenvalue weighted by atomic mass is 32.2. The zero-order valence-corrected chi connectivity index (χ0v) is 21.2. The van der Waals surface area contributed by atoms with Gasteiger partial charge in [0.2, 0.25) is 10.0 Å². The summed E-state index contributed by atoms with van der Waals surface area (Å²) in [5, 5.41) is 11.3. The van der Waals surface area contributed by atoms with Gasteiger partial charge in [-0.05, 0) is 50.5 Å². The summed E-state index contributed by atoms with van der Waals surface area (Å²) in [5.74, 6) is -2.64. The number of benzene rings is 2. The number of nitrogens with zero attached hydrogens (tertiary/aromatic N) is 1. The number of hydrogen-bond donors (Lipinski definition) is 4. The van der Waals surface area contributed by atoms with Crippen LogP contribution in [0.25, 0.3) is 0 Å². The Bertz CT molecular complexity index is 1310. The lowest BCUT2D eigenvalue weighted by Gasteiger charge is -2.08. The van der Waals surface area contributed by atoms with Crippen LogP contribution in [0.15, 0.2) is 46.2 Å². The number of carboxylic acids is 1. The van der Waals surface area contributed by atoms with Gasteiger partial charge >= 0.3 is 5.97 Å². The van der Waals surface area contributed by atoms with E-state index in [-0.39, 0.29) is 38.8 Å². The van der Waals surface area contributed by atoms with Crippen molar-refractivity contribution in [2.45, 2.75) is 9.79 Å². The minimum absolute atomic E-state index is 0. The Labute approximate surface area is 208 Å². The average Bonchev–Trinajstić information content (AvgIpc) is 3.06. The second kappa shape index (κ2) is 13.0. The number of aromatic carboxylic acids is 1. The summed E-state index contributed by atoms with van der Waals surface area (Å²) in [6.45, 7) is 0. The molecule has 0 aliphatic carbocycles. The maximum atomic E-state index is 11.7. The van der Waals surface area contributed by atoms with Gasteiger partial charge in [-0.1, -0.05) is 0 Å². The van der Waals surface area contributed by atoms with Crippen molar-refractivity contribution in [1.82, 2.24) is 19.7 Å². The van der Waals surface area contributed by atoms with Crippen molar-refractivity contribution in [3.8, 4) is 0 Å². The summed E-state index contributed by atoms with van der Waals surface area (Å²) < 4.78 is 39.2. The van der Waals surface area contributed by atoms with Crippen molar-refractivity contribution in [1.29, 1.82) is 0 Å². The largest absolute Gasteiger partial charge is 0.478 e. The Hall–Kier alpha value is -3.54. The van der Waals surface area contributed by atoms with Crippen molar-refractivity contribution < 1.29 is 47.9 Å². The molecule has 0 bridgehead atoms. The van der Waals surface area contributed by atoms with Gasteiger partial charge in [0.05, 0.1) is 32.0 Å². The molecule has 1 atom stereocenters. The van der Waals surface area contributed by atoms with Gasteiger partial charge in [0, 0.05) is 14.1 Å². The van der Waals surface area contributed by atoms with Crippen LogP contribution in [0.1, 0.15) is 41.4 Å². The molecule has 1 unspecified atom stereocenters. The van der Waals surface area contributed by atoms with E-state index in [1.54, 1.807) is 13.1 Å². The first-order valence-electron chi connectivity index (χ1n) is 9.48. The number of carboxylic acid groups (broad SMARTS) is 1. The normalized spacial score (nSPS) is 12.8. The molecule has 14 nitrogen and oxygen atoms in total. The molecule has 1 aliphatic heterocycles. The summed E-state index contributed by atoms with van der Waals surface area (Å²) in [5.41, 5.74) is 0.212. The van der Waals surface area contributed by atoms with E-state index in [0.29, 0.717) is 16.0 Å².